The van der Waals surface area contributed by atoms with Gasteiger partial charge in [-0.3, -0.25) is 29.4 Å². The number of rotatable bonds is 14. The smallest absolute Gasteiger partial charge is 0.226 e. The molecular formula is C46H55ClN6O5. The van der Waals surface area contributed by atoms with E-state index in [9.17, 15) is 19.2 Å². The minimum atomic E-state index is -0.285. The molecule has 3 aliphatic rings. The van der Waals surface area contributed by atoms with E-state index in [1.165, 1.54) is 18.5 Å². The van der Waals surface area contributed by atoms with E-state index in [-0.39, 0.29) is 24.5 Å². The van der Waals surface area contributed by atoms with Crippen molar-refractivity contribution in [1.29, 1.82) is 5.26 Å². The number of hydrogen-bond donors (Lipinski definition) is 1. The Bertz CT molecular complexity index is 1950. The van der Waals surface area contributed by atoms with Crippen LogP contribution in [0.1, 0.15) is 82.9 Å². The van der Waals surface area contributed by atoms with Gasteiger partial charge in [-0.2, -0.15) is 5.26 Å². The Morgan fingerprint density at radius 3 is 2.34 bits per heavy atom. The van der Waals surface area contributed by atoms with Crippen LogP contribution in [-0.2, 0) is 16.1 Å². The van der Waals surface area contributed by atoms with Crippen molar-refractivity contribution in [2.24, 2.45) is 11.8 Å². The van der Waals surface area contributed by atoms with Gasteiger partial charge in [0.25, 0.3) is 0 Å². The zero-order valence-electron chi connectivity index (χ0n) is 33.9. The van der Waals surface area contributed by atoms with Crippen LogP contribution in [0.3, 0.4) is 0 Å². The summed E-state index contributed by atoms with van der Waals surface area (Å²) in [7, 11) is 4.08. The normalized spacial score (nSPS) is 17.1. The average molecular weight is 807 g/mol. The second-order valence-corrected chi connectivity index (χ2v) is 16.1. The lowest BCUT2D eigenvalue weighted by molar-refractivity contribution is -0.125. The number of hydrogen-bond acceptors (Lipinski definition) is 10. The van der Waals surface area contributed by atoms with Gasteiger partial charge in [-0.25, -0.2) is 0 Å². The summed E-state index contributed by atoms with van der Waals surface area (Å²) in [4.78, 5) is 53.9. The molecule has 58 heavy (non-hydrogen) atoms. The van der Waals surface area contributed by atoms with Crippen molar-refractivity contribution in [3.05, 3.63) is 93.5 Å². The highest BCUT2D eigenvalue weighted by atomic mass is 35.5. The third-order valence-corrected chi connectivity index (χ3v) is 11.7. The third-order valence-electron chi connectivity index (χ3n) is 11.4. The standard InChI is InChI=1S/C33H40N4O4.C13H15ClN2O/c1-25(3-12-33(41)34-24-40)35(2)21-30-9-6-26(17-31(30)23-39)4-5-29-19-36(20-29)18-27-13-15-37(16-14-27)32-10-7-28(22-38)8-11-32;1-16-6-4-11(5-7-16)17-12-3-2-10(9-15)13(14)8-12/h6-11,17,22-25,27,29H,3,12-16,18-21H2,1-2H3,(H,34,40,41);2-3,8,11H,4-7H2,1H3. The summed E-state index contributed by atoms with van der Waals surface area (Å²) in [5.74, 6) is 8.19. The quantitative estimate of drug-likeness (QED) is 0.152. The van der Waals surface area contributed by atoms with Crippen LogP contribution in [0.2, 0.25) is 5.02 Å². The van der Waals surface area contributed by atoms with Gasteiger partial charge in [-0.1, -0.05) is 29.5 Å². The predicted molar refractivity (Wildman–Crippen MR) is 227 cm³/mol. The van der Waals surface area contributed by atoms with Gasteiger partial charge in [0, 0.05) is 99.2 Å². The van der Waals surface area contributed by atoms with Crippen molar-refractivity contribution in [3.8, 4) is 23.7 Å². The van der Waals surface area contributed by atoms with Crippen LogP contribution in [0, 0.1) is 35.0 Å². The van der Waals surface area contributed by atoms with Crippen molar-refractivity contribution in [1.82, 2.24) is 20.0 Å². The van der Waals surface area contributed by atoms with Crippen molar-refractivity contribution in [2.75, 3.05) is 64.8 Å². The lowest BCUT2D eigenvalue weighted by atomic mass is 9.92. The number of halogens is 1. The summed E-state index contributed by atoms with van der Waals surface area (Å²) in [6.45, 7) is 9.93. The summed E-state index contributed by atoms with van der Waals surface area (Å²) in [5.41, 5.74) is 4.81. The summed E-state index contributed by atoms with van der Waals surface area (Å²) < 4.78 is 5.86. The number of nitrogens with one attached hydrogen (secondary N) is 1. The van der Waals surface area contributed by atoms with Gasteiger partial charge in [-0.15, -0.1) is 0 Å². The van der Waals surface area contributed by atoms with Gasteiger partial charge in [0.2, 0.25) is 12.3 Å². The lowest BCUT2D eigenvalue weighted by Crippen LogP contribution is -2.49. The first-order valence-corrected chi connectivity index (χ1v) is 20.6. The Morgan fingerprint density at radius 1 is 0.983 bits per heavy atom. The Hall–Kier alpha value is -5.04. The molecule has 1 atom stereocenters. The molecule has 1 unspecified atom stereocenters. The number of likely N-dealkylation sites (tertiary alicyclic amines) is 2. The van der Waals surface area contributed by atoms with Gasteiger partial charge in [0.15, 0.2) is 0 Å². The van der Waals surface area contributed by atoms with Crippen molar-refractivity contribution in [2.45, 2.75) is 64.1 Å². The number of carbonyl (C=O) groups is 4. The van der Waals surface area contributed by atoms with Crippen LogP contribution >= 0.6 is 11.6 Å². The number of amides is 2. The molecule has 0 saturated carbocycles. The molecule has 0 aliphatic carbocycles. The van der Waals surface area contributed by atoms with Crippen LogP contribution < -0.4 is 15.0 Å². The number of piperidine rings is 2. The highest BCUT2D eigenvalue weighted by Gasteiger charge is 2.29. The first-order valence-electron chi connectivity index (χ1n) is 20.2. The van der Waals surface area contributed by atoms with Crippen LogP contribution in [-0.4, -0.2) is 112 Å². The fourth-order valence-corrected chi connectivity index (χ4v) is 7.72. The molecule has 306 valence electrons. The lowest BCUT2D eigenvalue weighted by Gasteiger charge is -2.41. The fraction of sp³-hybridized carbons (Fsp3) is 0.457. The number of carbonyl (C=O) groups excluding carboxylic acids is 4. The minimum Gasteiger partial charge on any atom is -0.490 e. The van der Waals surface area contributed by atoms with E-state index in [2.05, 4.69) is 43.8 Å². The van der Waals surface area contributed by atoms with E-state index in [1.54, 1.807) is 12.1 Å². The monoisotopic (exact) mass is 806 g/mol. The second kappa shape index (κ2) is 22.2. The average Bonchev–Trinajstić information content (AvgIpc) is 3.22. The molecular weight excluding hydrogens is 752 g/mol. The van der Waals surface area contributed by atoms with Crippen molar-refractivity contribution < 1.29 is 23.9 Å². The Morgan fingerprint density at radius 2 is 1.71 bits per heavy atom. The number of nitrogens with zero attached hydrogens (tertiary/aromatic N) is 5. The molecule has 6 rings (SSSR count). The molecule has 0 radical (unpaired) electrons. The highest BCUT2D eigenvalue weighted by molar-refractivity contribution is 6.31. The molecule has 2 amide bonds. The van der Waals surface area contributed by atoms with E-state index in [4.69, 9.17) is 21.6 Å². The van der Waals surface area contributed by atoms with E-state index in [1.807, 2.05) is 68.6 Å². The van der Waals surface area contributed by atoms with Gasteiger partial charge >= 0.3 is 0 Å². The number of imide groups is 1. The molecule has 3 saturated heterocycles. The van der Waals surface area contributed by atoms with Crippen LogP contribution in [0.15, 0.2) is 60.7 Å². The van der Waals surface area contributed by atoms with Crippen molar-refractivity contribution in [3.63, 3.8) is 0 Å². The van der Waals surface area contributed by atoms with E-state index < -0.39 is 0 Å². The summed E-state index contributed by atoms with van der Waals surface area (Å²) in [6, 6.07) is 21.0. The van der Waals surface area contributed by atoms with E-state index in [0.29, 0.717) is 52.9 Å². The maximum absolute atomic E-state index is 11.8. The van der Waals surface area contributed by atoms with Crippen LogP contribution in [0.25, 0.3) is 0 Å². The Labute approximate surface area is 348 Å². The first-order chi connectivity index (χ1) is 28.1. The molecule has 1 N–H and O–H groups in total. The van der Waals surface area contributed by atoms with E-state index >= 15 is 0 Å². The zero-order valence-corrected chi connectivity index (χ0v) is 34.6. The molecule has 0 spiro atoms. The largest absolute Gasteiger partial charge is 0.490 e. The van der Waals surface area contributed by atoms with Gasteiger partial charge in [0.05, 0.1) is 10.6 Å². The summed E-state index contributed by atoms with van der Waals surface area (Å²) >= 11 is 5.96. The molecule has 3 aromatic rings. The first kappa shape index (κ1) is 44.1. The molecule has 3 fully saturated rings. The molecule has 3 aliphatic heterocycles. The molecule has 3 heterocycles. The topological polar surface area (TPSA) is 126 Å². The SMILES string of the molecule is CC(CCC(=O)NC=O)N(C)Cc1ccc(C#CC2CN(CC3CCN(c4ccc(C=O)cc4)CC3)C2)cc1C=O.CN1CCC(Oc2ccc(C#N)c(Cl)c2)CC1. The van der Waals surface area contributed by atoms with Crippen molar-refractivity contribution >= 4 is 42.2 Å². The Balaban J connectivity index is 0.000000313. The van der Waals surface area contributed by atoms with Gasteiger partial charge in [-0.05, 0) is 113 Å². The maximum atomic E-state index is 11.8. The van der Waals surface area contributed by atoms with Gasteiger partial charge < -0.3 is 19.4 Å². The number of aldehydes is 2. The molecule has 0 aromatic heterocycles. The highest BCUT2D eigenvalue weighted by Crippen LogP contribution is 2.27. The fourth-order valence-electron chi connectivity index (χ4n) is 7.50. The maximum Gasteiger partial charge on any atom is 0.226 e. The third kappa shape index (κ3) is 13.3. The van der Waals surface area contributed by atoms with E-state index in [0.717, 1.165) is 88.1 Å². The molecule has 0 bridgehead atoms. The van der Waals surface area contributed by atoms with Gasteiger partial charge in [0.1, 0.15) is 30.5 Å². The van der Waals surface area contributed by atoms with Crippen LogP contribution in [0.5, 0.6) is 5.75 Å². The zero-order chi connectivity index (χ0) is 41.4. The summed E-state index contributed by atoms with van der Waals surface area (Å²) in [6.07, 6.45) is 7.74. The number of benzene rings is 3. The Kier molecular flexibility index (Phi) is 16.9. The number of nitriles is 1. The second-order valence-electron chi connectivity index (χ2n) is 15.7. The molecule has 12 heteroatoms. The van der Waals surface area contributed by atoms with Crippen LogP contribution in [0.4, 0.5) is 5.69 Å². The summed E-state index contributed by atoms with van der Waals surface area (Å²) in [5, 5.41) is 11.4. The predicted octanol–water partition coefficient (Wildman–Crippen LogP) is 6.07. The molecule has 11 nitrogen and oxygen atoms in total. The number of ether oxygens (including phenoxy) is 1. The molecule has 3 aromatic carbocycles. The minimum absolute atomic E-state index is 0.113. The number of anilines is 1.